The van der Waals surface area contributed by atoms with Crippen LogP contribution in [-0.2, 0) is 0 Å². The van der Waals surface area contributed by atoms with Gasteiger partial charge in [-0.05, 0) is 44.6 Å². The summed E-state index contributed by atoms with van der Waals surface area (Å²) in [6.45, 7) is 8.27. The Bertz CT molecular complexity index is 155. The number of nitrogens with one attached hydrogen (secondary N) is 1. The highest BCUT2D eigenvalue weighted by Crippen LogP contribution is 2.29. The minimum absolute atomic E-state index is 0.729. The van der Waals surface area contributed by atoms with Crippen LogP contribution in [0.2, 0.25) is 0 Å². The molecule has 1 heteroatoms. The van der Waals surface area contributed by atoms with Crippen LogP contribution in [0.1, 0.15) is 65.7 Å². The first-order chi connectivity index (χ1) is 7.22. The molecule has 0 heterocycles. The van der Waals surface area contributed by atoms with E-state index in [-0.39, 0.29) is 0 Å². The molecule has 15 heavy (non-hydrogen) atoms. The molecule has 1 aliphatic rings. The van der Waals surface area contributed by atoms with Crippen LogP contribution in [0.25, 0.3) is 0 Å². The minimum atomic E-state index is 0.729. The molecule has 1 nitrogen and oxygen atoms in total. The van der Waals surface area contributed by atoms with Gasteiger partial charge in [0.1, 0.15) is 0 Å². The van der Waals surface area contributed by atoms with Crippen molar-refractivity contribution in [2.24, 2.45) is 11.8 Å². The highest BCUT2D eigenvalue weighted by molar-refractivity contribution is 4.75. The minimum Gasteiger partial charge on any atom is -0.314 e. The Hall–Kier alpha value is -0.0400. The van der Waals surface area contributed by atoms with Crippen molar-refractivity contribution in [1.82, 2.24) is 5.32 Å². The average Bonchev–Trinajstić information content (AvgIpc) is 2.62. The van der Waals surface area contributed by atoms with Gasteiger partial charge in [-0.1, -0.05) is 39.5 Å². The molecule has 3 atom stereocenters. The highest BCUT2D eigenvalue weighted by atomic mass is 14.9. The van der Waals surface area contributed by atoms with E-state index in [4.69, 9.17) is 0 Å². The van der Waals surface area contributed by atoms with Crippen LogP contribution in [0.3, 0.4) is 0 Å². The predicted octanol–water partition coefficient (Wildman–Crippen LogP) is 3.98. The van der Waals surface area contributed by atoms with Gasteiger partial charge in [0.15, 0.2) is 0 Å². The van der Waals surface area contributed by atoms with Crippen LogP contribution in [0.4, 0.5) is 0 Å². The second-order valence-corrected chi connectivity index (χ2v) is 5.59. The third-order valence-corrected chi connectivity index (χ3v) is 3.80. The van der Waals surface area contributed by atoms with E-state index < -0.39 is 0 Å². The second-order valence-electron chi connectivity index (χ2n) is 5.59. The number of hydrogen-bond acceptors (Lipinski definition) is 1. The van der Waals surface area contributed by atoms with Crippen LogP contribution in [0.15, 0.2) is 0 Å². The van der Waals surface area contributed by atoms with E-state index in [1.54, 1.807) is 0 Å². The van der Waals surface area contributed by atoms with Gasteiger partial charge in [0, 0.05) is 6.04 Å². The molecule has 3 unspecified atom stereocenters. The van der Waals surface area contributed by atoms with E-state index in [1.165, 1.54) is 51.5 Å². The van der Waals surface area contributed by atoms with Crippen molar-refractivity contribution in [3.05, 3.63) is 0 Å². The summed E-state index contributed by atoms with van der Waals surface area (Å²) in [5, 5.41) is 3.70. The molecule has 1 N–H and O–H groups in total. The zero-order valence-corrected chi connectivity index (χ0v) is 10.9. The summed E-state index contributed by atoms with van der Waals surface area (Å²) in [6, 6.07) is 0.729. The first-order valence-corrected chi connectivity index (χ1v) is 6.95. The van der Waals surface area contributed by atoms with Gasteiger partial charge in [-0.25, -0.2) is 0 Å². The van der Waals surface area contributed by atoms with Gasteiger partial charge in [-0.2, -0.15) is 0 Å². The van der Waals surface area contributed by atoms with E-state index in [0.717, 1.165) is 17.9 Å². The lowest BCUT2D eigenvalue weighted by molar-refractivity contribution is 0.414. The van der Waals surface area contributed by atoms with Crippen LogP contribution in [0, 0.1) is 11.8 Å². The Kier molecular flexibility index (Phi) is 6.31. The fourth-order valence-corrected chi connectivity index (χ4v) is 2.68. The van der Waals surface area contributed by atoms with E-state index in [0.29, 0.717) is 0 Å². The summed E-state index contributed by atoms with van der Waals surface area (Å²) < 4.78 is 0. The smallest absolute Gasteiger partial charge is 0.00388 e. The van der Waals surface area contributed by atoms with Crippen LogP contribution < -0.4 is 5.32 Å². The maximum Gasteiger partial charge on any atom is 0.00388 e. The van der Waals surface area contributed by atoms with Crippen molar-refractivity contribution in [3.8, 4) is 0 Å². The lowest BCUT2D eigenvalue weighted by atomic mass is 10.0. The second kappa shape index (κ2) is 7.27. The number of hydrogen-bond donors (Lipinski definition) is 1. The molecule has 1 fully saturated rings. The van der Waals surface area contributed by atoms with Crippen molar-refractivity contribution in [2.75, 3.05) is 6.54 Å². The Morgan fingerprint density at radius 3 is 2.67 bits per heavy atom. The Morgan fingerprint density at radius 1 is 1.27 bits per heavy atom. The molecule has 0 saturated heterocycles. The molecular weight excluding hydrogens is 182 g/mol. The summed E-state index contributed by atoms with van der Waals surface area (Å²) in [4.78, 5) is 0. The molecule has 0 amide bonds. The molecule has 0 aromatic rings. The van der Waals surface area contributed by atoms with Gasteiger partial charge in [0.2, 0.25) is 0 Å². The Balaban J connectivity index is 1.98. The topological polar surface area (TPSA) is 12.0 Å². The molecule has 90 valence electrons. The summed E-state index contributed by atoms with van der Waals surface area (Å²) in [6.07, 6.45) is 9.85. The fraction of sp³-hybridized carbons (Fsp3) is 1.00. The lowest BCUT2D eigenvalue weighted by Crippen LogP contribution is -2.30. The van der Waals surface area contributed by atoms with E-state index in [9.17, 15) is 0 Å². The Morgan fingerprint density at radius 2 is 2.07 bits per heavy atom. The van der Waals surface area contributed by atoms with Gasteiger partial charge in [0.05, 0.1) is 0 Å². The average molecular weight is 211 g/mol. The van der Waals surface area contributed by atoms with Gasteiger partial charge >= 0.3 is 0 Å². The van der Waals surface area contributed by atoms with Gasteiger partial charge < -0.3 is 5.32 Å². The van der Waals surface area contributed by atoms with Crippen LogP contribution in [-0.4, -0.2) is 12.6 Å². The summed E-state index contributed by atoms with van der Waals surface area (Å²) in [5.41, 5.74) is 0. The molecule has 0 bridgehead atoms. The van der Waals surface area contributed by atoms with E-state index in [1.807, 2.05) is 0 Å². The SMILES string of the molecule is CCCCCC(C)NCC1CCC(C)C1. The van der Waals surface area contributed by atoms with Crippen molar-refractivity contribution < 1.29 is 0 Å². The molecule has 0 radical (unpaired) electrons. The molecule has 1 rings (SSSR count). The summed E-state index contributed by atoms with van der Waals surface area (Å²) >= 11 is 0. The standard InChI is InChI=1S/C14H29N/c1-4-5-6-7-13(3)15-11-14-9-8-12(2)10-14/h12-15H,4-11H2,1-3H3. The van der Waals surface area contributed by atoms with Crippen molar-refractivity contribution >= 4 is 0 Å². The first-order valence-electron chi connectivity index (χ1n) is 6.95. The third-order valence-electron chi connectivity index (χ3n) is 3.80. The molecular formula is C14H29N. The van der Waals surface area contributed by atoms with Crippen molar-refractivity contribution in [1.29, 1.82) is 0 Å². The van der Waals surface area contributed by atoms with Crippen molar-refractivity contribution in [2.45, 2.75) is 71.8 Å². The predicted molar refractivity (Wildman–Crippen MR) is 68.1 cm³/mol. The summed E-state index contributed by atoms with van der Waals surface area (Å²) in [5.74, 6) is 1.95. The van der Waals surface area contributed by atoms with Crippen LogP contribution in [0.5, 0.6) is 0 Å². The monoisotopic (exact) mass is 211 g/mol. The molecule has 0 aromatic carbocycles. The number of rotatable bonds is 7. The first kappa shape index (κ1) is 13.0. The normalized spacial score (nSPS) is 28.2. The molecule has 1 aliphatic carbocycles. The van der Waals surface area contributed by atoms with E-state index >= 15 is 0 Å². The quantitative estimate of drug-likeness (QED) is 0.628. The van der Waals surface area contributed by atoms with E-state index in [2.05, 4.69) is 26.1 Å². The number of unbranched alkanes of at least 4 members (excludes halogenated alkanes) is 2. The summed E-state index contributed by atoms with van der Waals surface area (Å²) in [7, 11) is 0. The zero-order chi connectivity index (χ0) is 11.1. The Labute approximate surface area is 96.0 Å². The molecule has 0 aromatic heterocycles. The van der Waals surface area contributed by atoms with Gasteiger partial charge in [0.25, 0.3) is 0 Å². The highest BCUT2D eigenvalue weighted by Gasteiger charge is 2.21. The molecule has 0 spiro atoms. The molecule has 1 saturated carbocycles. The van der Waals surface area contributed by atoms with Crippen molar-refractivity contribution in [3.63, 3.8) is 0 Å². The zero-order valence-electron chi connectivity index (χ0n) is 10.9. The molecule has 0 aliphatic heterocycles. The third kappa shape index (κ3) is 5.55. The maximum absolute atomic E-state index is 3.70. The van der Waals surface area contributed by atoms with Gasteiger partial charge in [-0.15, -0.1) is 0 Å². The van der Waals surface area contributed by atoms with Crippen LogP contribution >= 0.6 is 0 Å². The maximum atomic E-state index is 3.70. The largest absolute Gasteiger partial charge is 0.314 e. The lowest BCUT2D eigenvalue weighted by Gasteiger charge is -2.17. The van der Waals surface area contributed by atoms with Gasteiger partial charge in [-0.3, -0.25) is 0 Å². The fourth-order valence-electron chi connectivity index (χ4n) is 2.68.